The standard InChI is InChI=1S/C15H18BrNO2/c1-19-14(18)15(7-3-4-10-8-13(10)15)17-12-6-2-5-11(16)9-12/h2,5-6,9-10,13,17H,3-4,7-8H2,1H3. The number of rotatable bonds is 3. The van der Waals surface area contributed by atoms with Gasteiger partial charge < -0.3 is 10.1 Å². The summed E-state index contributed by atoms with van der Waals surface area (Å²) in [7, 11) is 1.48. The molecule has 2 aliphatic rings. The van der Waals surface area contributed by atoms with Gasteiger partial charge in [-0.05, 0) is 49.3 Å². The van der Waals surface area contributed by atoms with Crippen LogP contribution in [0.3, 0.4) is 0 Å². The van der Waals surface area contributed by atoms with E-state index in [0.717, 1.165) is 29.4 Å². The van der Waals surface area contributed by atoms with Gasteiger partial charge in [-0.1, -0.05) is 28.4 Å². The Morgan fingerprint density at radius 2 is 2.37 bits per heavy atom. The van der Waals surface area contributed by atoms with E-state index in [4.69, 9.17) is 4.74 Å². The second-order valence-electron chi connectivity index (χ2n) is 5.59. The summed E-state index contributed by atoms with van der Waals surface area (Å²) in [6.07, 6.45) is 4.37. The van der Waals surface area contributed by atoms with E-state index in [1.54, 1.807) is 0 Å². The maximum atomic E-state index is 12.3. The van der Waals surface area contributed by atoms with Crippen molar-refractivity contribution in [2.24, 2.45) is 11.8 Å². The Labute approximate surface area is 121 Å². The summed E-state index contributed by atoms with van der Waals surface area (Å²) in [4.78, 5) is 12.3. The molecule has 19 heavy (non-hydrogen) atoms. The molecule has 1 aromatic carbocycles. The van der Waals surface area contributed by atoms with Crippen molar-refractivity contribution in [3.8, 4) is 0 Å². The van der Waals surface area contributed by atoms with Crippen LogP contribution in [0.15, 0.2) is 28.7 Å². The highest BCUT2D eigenvalue weighted by Gasteiger charge is 2.59. The summed E-state index contributed by atoms with van der Waals surface area (Å²) in [5, 5.41) is 3.47. The molecular weight excluding hydrogens is 306 g/mol. The minimum absolute atomic E-state index is 0.111. The average molecular weight is 324 g/mol. The van der Waals surface area contributed by atoms with E-state index < -0.39 is 5.54 Å². The number of benzene rings is 1. The van der Waals surface area contributed by atoms with E-state index in [9.17, 15) is 4.79 Å². The van der Waals surface area contributed by atoms with Gasteiger partial charge in [0.15, 0.2) is 0 Å². The molecule has 0 amide bonds. The van der Waals surface area contributed by atoms with Gasteiger partial charge >= 0.3 is 5.97 Å². The summed E-state index contributed by atoms with van der Waals surface area (Å²) in [6.45, 7) is 0. The third-order valence-electron chi connectivity index (χ3n) is 4.44. The predicted octanol–water partition coefficient (Wildman–Crippen LogP) is 3.59. The SMILES string of the molecule is COC(=O)C1(Nc2cccc(Br)c2)CCCC2CC21. The van der Waals surface area contributed by atoms with E-state index in [-0.39, 0.29) is 5.97 Å². The molecule has 4 heteroatoms. The number of carbonyl (C=O) groups is 1. The number of anilines is 1. The van der Waals surface area contributed by atoms with Crippen molar-refractivity contribution < 1.29 is 9.53 Å². The molecule has 0 saturated heterocycles. The molecule has 102 valence electrons. The average Bonchev–Trinajstić information content (AvgIpc) is 3.18. The number of halogens is 1. The normalized spacial score (nSPS) is 32.3. The molecule has 2 aliphatic carbocycles. The Kier molecular flexibility index (Phi) is 3.29. The van der Waals surface area contributed by atoms with Crippen molar-refractivity contribution in [1.82, 2.24) is 0 Å². The van der Waals surface area contributed by atoms with Crippen LogP contribution in [0.25, 0.3) is 0 Å². The molecule has 0 heterocycles. The van der Waals surface area contributed by atoms with Crippen LogP contribution in [0.4, 0.5) is 5.69 Å². The zero-order chi connectivity index (χ0) is 13.5. The zero-order valence-corrected chi connectivity index (χ0v) is 12.6. The smallest absolute Gasteiger partial charge is 0.331 e. The number of nitrogens with one attached hydrogen (secondary N) is 1. The predicted molar refractivity (Wildman–Crippen MR) is 78.0 cm³/mol. The maximum absolute atomic E-state index is 12.3. The molecule has 3 atom stereocenters. The Bertz CT molecular complexity index is 505. The summed E-state index contributed by atoms with van der Waals surface area (Å²) < 4.78 is 6.09. The molecule has 0 spiro atoms. The molecule has 3 nitrogen and oxygen atoms in total. The zero-order valence-electron chi connectivity index (χ0n) is 11.0. The van der Waals surface area contributed by atoms with Crippen molar-refractivity contribution in [2.75, 3.05) is 12.4 Å². The lowest BCUT2D eigenvalue weighted by Gasteiger charge is -2.36. The van der Waals surface area contributed by atoms with Crippen LogP contribution in [0.5, 0.6) is 0 Å². The third kappa shape index (κ3) is 2.27. The number of esters is 1. The van der Waals surface area contributed by atoms with E-state index in [1.165, 1.54) is 13.5 Å². The number of methoxy groups -OCH3 is 1. The summed E-state index contributed by atoms with van der Waals surface area (Å²) in [6, 6.07) is 7.97. The van der Waals surface area contributed by atoms with Crippen LogP contribution in [-0.2, 0) is 9.53 Å². The molecular formula is C15H18BrNO2. The molecule has 1 aromatic rings. The minimum Gasteiger partial charge on any atom is -0.467 e. The minimum atomic E-state index is -0.515. The molecule has 1 N–H and O–H groups in total. The number of ether oxygens (including phenoxy) is 1. The molecule has 3 rings (SSSR count). The molecule has 0 bridgehead atoms. The Morgan fingerprint density at radius 1 is 1.53 bits per heavy atom. The highest BCUT2D eigenvalue weighted by atomic mass is 79.9. The van der Waals surface area contributed by atoms with Crippen LogP contribution in [0.1, 0.15) is 25.7 Å². The van der Waals surface area contributed by atoms with Gasteiger partial charge in [0.25, 0.3) is 0 Å². The number of hydrogen-bond donors (Lipinski definition) is 1. The first kappa shape index (κ1) is 13.0. The maximum Gasteiger partial charge on any atom is 0.331 e. The second kappa shape index (κ2) is 4.82. The van der Waals surface area contributed by atoms with Crippen molar-refractivity contribution in [1.29, 1.82) is 0 Å². The quantitative estimate of drug-likeness (QED) is 0.864. The van der Waals surface area contributed by atoms with Gasteiger partial charge in [0, 0.05) is 10.2 Å². The monoisotopic (exact) mass is 323 g/mol. The van der Waals surface area contributed by atoms with Gasteiger partial charge in [-0.15, -0.1) is 0 Å². The van der Waals surface area contributed by atoms with Crippen LogP contribution in [0.2, 0.25) is 0 Å². The van der Waals surface area contributed by atoms with E-state index >= 15 is 0 Å². The van der Waals surface area contributed by atoms with Crippen molar-refractivity contribution in [2.45, 2.75) is 31.2 Å². The topological polar surface area (TPSA) is 38.3 Å². The Balaban J connectivity index is 1.90. The van der Waals surface area contributed by atoms with Gasteiger partial charge in [0.05, 0.1) is 7.11 Å². The fraction of sp³-hybridized carbons (Fsp3) is 0.533. The highest BCUT2D eigenvalue weighted by Crippen LogP contribution is 2.56. The first-order valence-electron chi connectivity index (χ1n) is 6.78. The van der Waals surface area contributed by atoms with E-state index in [1.807, 2.05) is 24.3 Å². The molecule has 3 unspecified atom stereocenters. The molecule has 2 fully saturated rings. The molecule has 0 aromatic heterocycles. The van der Waals surface area contributed by atoms with Crippen LogP contribution in [-0.4, -0.2) is 18.6 Å². The third-order valence-corrected chi connectivity index (χ3v) is 4.94. The largest absolute Gasteiger partial charge is 0.467 e. The lowest BCUT2D eigenvalue weighted by Crippen LogP contribution is -2.51. The fourth-order valence-corrected chi connectivity index (χ4v) is 3.86. The lowest BCUT2D eigenvalue weighted by molar-refractivity contribution is -0.147. The number of carbonyl (C=O) groups excluding carboxylic acids is 1. The van der Waals surface area contributed by atoms with Gasteiger partial charge in [-0.3, -0.25) is 0 Å². The summed E-state index contributed by atoms with van der Waals surface area (Å²) in [5.74, 6) is 1.03. The fourth-order valence-electron chi connectivity index (χ4n) is 3.46. The Morgan fingerprint density at radius 3 is 3.11 bits per heavy atom. The van der Waals surface area contributed by atoms with Gasteiger partial charge in [-0.2, -0.15) is 0 Å². The number of fused-ring (bicyclic) bond motifs is 1. The Hall–Kier alpha value is -1.03. The molecule has 2 saturated carbocycles. The summed E-state index contributed by atoms with van der Waals surface area (Å²) >= 11 is 3.47. The molecule has 0 aliphatic heterocycles. The lowest BCUT2D eigenvalue weighted by atomic mass is 9.81. The van der Waals surface area contributed by atoms with Crippen molar-refractivity contribution in [3.05, 3.63) is 28.7 Å². The van der Waals surface area contributed by atoms with Crippen molar-refractivity contribution in [3.63, 3.8) is 0 Å². The summed E-state index contributed by atoms with van der Waals surface area (Å²) in [5.41, 5.74) is 0.464. The van der Waals surface area contributed by atoms with Crippen molar-refractivity contribution >= 4 is 27.6 Å². The van der Waals surface area contributed by atoms with Gasteiger partial charge in [0.2, 0.25) is 0 Å². The van der Waals surface area contributed by atoms with Gasteiger partial charge in [0.1, 0.15) is 5.54 Å². The highest BCUT2D eigenvalue weighted by molar-refractivity contribution is 9.10. The number of hydrogen-bond acceptors (Lipinski definition) is 3. The first-order chi connectivity index (χ1) is 9.15. The van der Waals surface area contributed by atoms with Crippen LogP contribution in [0, 0.1) is 11.8 Å². The van der Waals surface area contributed by atoms with Crippen LogP contribution < -0.4 is 5.32 Å². The van der Waals surface area contributed by atoms with Gasteiger partial charge in [-0.25, -0.2) is 4.79 Å². The second-order valence-corrected chi connectivity index (χ2v) is 6.51. The first-order valence-corrected chi connectivity index (χ1v) is 7.57. The van der Waals surface area contributed by atoms with E-state index in [0.29, 0.717) is 11.8 Å². The van der Waals surface area contributed by atoms with E-state index in [2.05, 4.69) is 21.2 Å². The van der Waals surface area contributed by atoms with Crippen LogP contribution >= 0.6 is 15.9 Å². The molecule has 0 radical (unpaired) electrons.